The summed E-state index contributed by atoms with van der Waals surface area (Å²) in [6.45, 7) is 1.72. The van der Waals surface area contributed by atoms with Crippen LogP contribution >= 0.6 is 11.8 Å². The van der Waals surface area contributed by atoms with Crippen LogP contribution < -0.4 is 4.74 Å². The van der Waals surface area contributed by atoms with Crippen molar-refractivity contribution in [2.24, 2.45) is 4.99 Å². The van der Waals surface area contributed by atoms with Crippen LogP contribution in [0.5, 0.6) is 5.75 Å². The Morgan fingerprint density at radius 2 is 2.12 bits per heavy atom. The van der Waals surface area contributed by atoms with E-state index in [9.17, 15) is 13.2 Å². The molecule has 6 heteroatoms. The van der Waals surface area contributed by atoms with Crippen LogP contribution in [0.4, 0.5) is 13.2 Å². The Morgan fingerprint density at radius 1 is 1.31 bits per heavy atom. The van der Waals surface area contributed by atoms with Crippen LogP contribution in [0.15, 0.2) is 29.3 Å². The van der Waals surface area contributed by atoms with Gasteiger partial charge in [-0.05, 0) is 12.1 Å². The van der Waals surface area contributed by atoms with Gasteiger partial charge in [0.25, 0.3) is 0 Å². The molecule has 1 aliphatic rings. The first-order valence-corrected chi connectivity index (χ1v) is 5.42. The summed E-state index contributed by atoms with van der Waals surface area (Å²) >= 11 is 1.48. The van der Waals surface area contributed by atoms with E-state index in [1.807, 2.05) is 0 Å². The fraction of sp³-hybridized carbons (Fsp3) is 0.200. The predicted molar refractivity (Wildman–Crippen MR) is 56.4 cm³/mol. The van der Waals surface area contributed by atoms with E-state index in [0.29, 0.717) is 10.6 Å². The SMILES string of the molecule is FC(F)(F)Oc1cccc(C2=N[CH]CS2)c1. The maximum absolute atomic E-state index is 12.0. The van der Waals surface area contributed by atoms with Crippen molar-refractivity contribution in [1.82, 2.24) is 0 Å². The summed E-state index contributed by atoms with van der Waals surface area (Å²) in [5.74, 6) is 0.528. The van der Waals surface area contributed by atoms with Gasteiger partial charge in [0.15, 0.2) is 0 Å². The van der Waals surface area contributed by atoms with E-state index in [0.717, 1.165) is 5.75 Å². The van der Waals surface area contributed by atoms with Crippen LogP contribution in [0.1, 0.15) is 5.56 Å². The lowest BCUT2D eigenvalue weighted by atomic mass is 10.2. The van der Waals surface area contributed by atoms with Crippen molar-refractivity contribution in [3.8, 4) is 5.75 Å². The van der Waals surface area contributed by atoms with Crippen molar-refractivity contribution in [3.05, 3.63) is 36.4 Å². The van der Waals surface area contributed by atoms with E-state index in [4.69, 9.17) is 0 Å². The maximum atomic E-state index is 12.0. The van der Waals surface area contributed by atoms with E-state index < -0.39 is 6.36 Å². The molecular weight excluding hydrogens is 239 g/mol. The van der Waals surface area contributed by atoms with E-state index in [1.165, 1.54) is 30.0 Å². The maximum Gasteiger partial charge on any atom is 0.573 e. The summed E-state index contributed by atoms with van der Waals surface area (Å²) in [4.78, 5) is 4.06. The molecule has 0 atom stereocenters. The summed E-state index contributed by atoms with van der Waals surface area (Å²) in [5.41, 5.74) is 0.639. The molecule has 1 heterocycles. The van der Waals surface area contributed by atoms with Crippen molar-refractivity contribution >= 4 is 16.8 Å². The third kappa shape index (κ3) is 2.91. The number of ether oxygens (including phenoxy) is 1. The largest absolute Gasteiger partial charge is 0.573 e. The van der Waals surface area contributed by atoms with Crippen LogP contribution in [0.2, 0.25) is 0 Å². The zero-order valence-corrected chi connectivity index (χ0v) is 8.81. The molecule has 2 nitrogen and oxygen atoms in total. The van der Waals surface area contributed by atoms with Crippen molar-refractivity contribution < 1.29 is 17.9 Å². The smallest absolute Gasteiger partial charge is 0.406 e. The molecular formula is C10H7F3NOS. The number of benzene rings is 1. The minimum absolute atomic E-state index is 0.222. The molecule has 1 aromatic rings. The van der Waals surface area contributed by atoms with Gasteiger partial charge in [-0.3, -0.25) is 4.99 Å². The van der Waals surface area contributed by atoms with Gasteiger partial charge in [0.05, 0.1) is 11.6 Å². The van der Waals surface area contributed by atoms with E-state index in [-0.39, 0.29) is 5.75 Å². The molecule has 16 heavy (non-hydrogen) atoms. The molecule has 85 valence electrons. The average molecular weight is 246 g/mol. The summed E-state index contributed by atoms with van der Waals surface area (Å²) < 4.78 is 39.8. The Morgan fingerprint density at radius 3 is 2.75 bits per heavy atom. The predicted octanol–water partition coefficient (Wildman–Crippen LogP) is 3.24. The lowest BCUT2D eigenvalue weighted by Gasteiger charge is -2.09. The molecule has 0 aromatic heterocycles. The Bertz CT molecular complexity index is 417. The van der Waals surface area contributed by atoms with Crippen LogP contribution in [-0.2, 0) is 0 Å². The van der Waals surface area contributed by atoms with E-state index >= 15 is 0 Å². The first kappa shape index (κ1) is 11.3. The zero-order valence-electron chi connectivity index (χ0n) is 7.99. The highest BCUT2D eigenvalue weighted by atomic mass is 32.2. The minimum Gasteiger partial charge on any atom is -0.406 e. The molecule has 0 saturated carbocycles. The second-order valence-electron chi connectivity index (χ2n) is 3.00. The number of hydrogen-bond acceptors (Lipinski definition) is 3. The third-order valence-corrected chi connectivity index (χ3v) is 2.75. The third-order valence-electron chi connectivity index (χ3n) is 1.82. The lowest BCUT2D eigenvalue weighted by molar-refractivity contribution is -0.274. The van der Waals surface area contributed by atoms with Crippen molar-refractivity contribution in [1.29, 1.82) is 0 Å². The summed E-state index contributed by atoms with van der Waals surface area (Å²) in [6, 6.07) is 5.81. The highest BCUT2D eigenvalue weighted by Gasteiger charge is 2.31. The topological polar surface area (TPSA) is 21.6 Å². The average Bonchev–Trinajstić information content (AvgIpc) is 2.68. The molecule has 0 spiro atoms. The first-order chi connectivity index (χ1) is 7.54. The normalized spacial score (nSPS) is 16.1. The molecule has 0 amide bonds. The molecule has 0 fully saturated rings. The molecule has 1 radical (unpaired) electrons. The molecule has 0 unspecified atom stereocenters. The Kier molecular flexibility index (Phi) is 3.09. The molecule has 1 aliphatic heterocycles. The number of halogens is 3. The second kappa shape index (κ2) is 4.37. The quantitative estimate of drug-likeness (QED) is 0.799. The molecule has 0 saturated heterocycles. The fourth-order valence-electron chi connectivity index (χ4n) is 1.26. The summed E-state index contributed by atoms with van der Waals surface area (Å²) in [7, 11) is 0. The van der Waals surface area contributed by atoms with Crippen molar-refractivity contribution in [2.45, 2.75) is 6.36 Å². The van der Waals surface area contributed by atoms with Gasteiger partial charge in [-0.15, -0.1) is 24.9 Å². The molecule has 0 N–H and O–H groups in total. The Hall–Kier alpha value is -1.17. The second-order valence-corrected chi connectivity index (χ2v) is 4.01. The number of hydrogen-bond donors (Lipinski definition) is 0. The molecule has 0 bridgehead atoms. The first-order valence-electron chi connectivity index (χ1n) is 4.43. The van der Waals surface area contributed by atoms with Crippen LogP contribution in [0.25, 0.3) is 0 Å². The fourth-order valence-corrected chi connectivity index (χ4v) is 2.01. The standard InChI is InChI=1S/C10H7F3NOS/c11-10(12,13)15-8-3-1-2-7(6-8)9-14-4-5-16-9/h1-4,6H,5H2. The highest BCUT2D eigenvalue weighted by Crippen LogP contribution is 2.27. The van der Waals surface area contributed by atoms with Gasteiger partial charge in [0.1, 0.15) is 5.75 Å². The van der Waals surface area contributed by atoms with Crippen molar-refractivity contribution in [2.75, 3.05) is 5.75 Å². The van der Waals surface area contributed by atoms with Gasteiger partial charge in [-0.25, -0.2) is 0 Å². The van der Waals surface area contributed by atoms with Gasteiger partial charge in [0.2, 0.25) is 0 Å². The Balaban J connectivity index is 2.19. The number of aliphatic imine (C=N–C) groups is 1. The monoisotopic (exact) mass is 246 g/mol. The van der Waals surface area contributed by atoms with Crippen LogP contribution in [0, 0.1) is 6.54 Å². The number of rotatable bonds is 2. The number of nitrogens with zero attached hydrogens (tertiary/aromatic N) is 1. The van der Waals surface area contributed by atoms with Crippen LogP contribution in [-0.4, -0.2) is 17.2 Å². The highest BCUT2D eigenvalue weighted by molar-refractivity contribution is 8.14. The molecule has 0 aliphatic carbocycles. The van der Waals surface area contributed by atoms with Gasteiger partial charge < -0.3 is 4.74 Å². The molecule has 1 aromatic carbocycles. The Labute approximate surface area is 94.5 Å². The summed E-state index contributed by atoms with van der Waals surface area (Å²) in [6.07, 6.45) is -4.66. The zero-order chi connectivity index (χ0) is 11.6. The van der Waals surface area contributed by atoms with Crippen molar-refractivity contribution in [3.63, 3.8) is 0 Å². The number of thioether (sulfide) groups is 1. The van der Waals surface area contributed by atoms with Crippen LogP contribution in [0.3, 0.4) is 0 Å². The van der Waals surface area contributed by atoms with E-state index in [1.54, 1.807) is 12.6 Å². The molecule has 2 rings (SSSR count). The minimum atomic E-state index is -4.66. The van der Waals surface area contributed by atoms with Gasteiger partial charge in [0, 0.05) is 11.3 Å². The van der Waals surface area contributed by atoms with E-state index in [2.05, 4.69) is 9.73 Å². The van der Waals surface area contributed by atoms with Gasteiger partial charge >= 0.3 is 6.36 Å². The summed E-state index contributed by atoms with van der Waals surface area (Å²) in [5, 5.41) is 0.715. The van der Waals surface area contributed by atoms with Gasteiger partial charge in [-0.2, -0.15) is 0 Å². The number of alkyl halides is 3. The van der Waals surface area contributed by atoms with Gasteiger partial charge in [-0.1, -0.05) is 12.1 Å². The lowest BCUT2D eigenvalue weighted by Crippen LogP contribution is -2.17.